The van der Waals surface area contributed by atoms with Gasteiger partial charge in [0.05, 0.1) is 19.0 Å². The van der Waals surface area contributed by atoms with Gasteiger partial charge in [0.2, 0.25) is 11.8 Å². The third-order valence-corrected chi connectivity index (χ3v) is 4.37. The summed E-state index contributed by atoms with van der Waals surface area (Å²) in [7, 11) is 0. The van der Waals surface area contributed by atoms with Crippen LogP contribution in [0.25, 0.3) is 0 Å². The van der Waals surface area contributed by atoms with Gasteiger partial charge in [-0.15, -0.1) is 0 Å². The van der Waals surface area contributed by atoms with Crippen molar-refractivity contribution >= 4 is 27.7 Å². The zero-order valence-electron chi connectivity index (χ0n) is 9.78. The number of amides is 2. The van der Waals surface area contributed by atoms with Crippen LogP contribution < -0.4 is 5.32 Å². The zero-order chi connectivity index (χ0) is 12.7. The molecule has 0 aromatic heterocycles. The number of rotatable bonds is 0. The van der Waals surface area contributed by atoms with E-state index in [0.29, 0.717) is 13.0 Å². The Morgan fingerprint density at radius 3 is 3.00 bits per heavy atom. The standard InChI is InChI=1S/C13H13BrN2O2/c14-10-3-1-2-9-8(10)4-5-16-11(9)6-12(17)15-7-13(16)18/h1-3,11H,4-7H2,(H,15,17). The van der Waals surface area contributed by atoms with Crippen LogP contribution in [0.4, 0.5) is 0 Å². The van der Waals surface area contributed by atoms with E-state index in [4.69, 9.17) is 0 Å². The van der Waals surface area contributed by atoms with Crippen molar-refractivity contribution in [2.75, 3.05) is 13.1 Å². The van der Waals surface area contributed by atoms with Gasteiger partial charge in [0, 0.05) is 11.0 Å². The number of carbonyl (C=O) groups excluding carboxylic acids is 2. The van der Waals surface area contributed by atoms with Crippen LogP contribution in [0.1, 0.15) is 23.6 Å². The van der Waals surface area contributed by atoms with Gasteiger partial charge in [-0.1, -0.05) is 28.1 Å². The molecule has 1 atom stereocenters. The summed E-state index contributed by atoms with van der Waals surface area (Å²) in [5, 5.41) is 2.65. The number of hydrogen-bond donors (Lipinski definition) is 1. The normalized spacial score (nSPS) is 22.9. The van der Waals surface area contributed by atoms with E-state index in [9.17, 15) is 9.59 Å². The summed E-state index contributed by atoms with van der Waals surface area (Å²) in [6, 6.07) is 5.87. The first-order valence-electron chi connectivity index (χ1n) is 6.00. The minimum absolute atomic E-state index is 0.0106. The molecule has 1 aromatic rings. The molecule has 1 unspecified atom stereocenters. The third kappa shape index (κ3) is 1.82. The molecule has 94 valence electrons. The molecule has 3 rings (SSSR count). The van der Waals surface area contributed by atoms with E-state index >= 15 is 0 Å². The highest BCUT2D eigenvalue weighted by Crippen LogP contribution is 2.36. The Labute approximate surface area is 113 Å². The molecular formula is C13H13BrN2O2. The molecule has 1 N–H and O–H groups in total. The average Bonchev–Trinajstić information content (AvgIpc) is 2.50. The van der Waals surface area contributed by atoms with Crippen molar-refractivity contribution in [1.29, 1.82) is 0 Å². The molecule has 0 spiro atoms. The van der Waals surface area contributed by atoms with Crippen molar-refractivity contribution in [1.82, 2.24) is 10.2 Å². The monoisotopic (exact) mass is 308 g/mol. The van der Waals surface area contributed by atoms with Crippen LogP contribution in [0.15, 0.2) is 22.7 Å². The van der Waals surface area contributed by atoms with Gasteiger partial charge in [0.15, 0.2) is 0 Å². The summed E-state index contributed by atoms with van der Waals surface area (Å²) in [6.45, 7) is 0.812. The molecule has 0 bridgehead atoms. The van der Waals surface area contributed by atoms with Gasteiger partial charge in [-0.25, -0.2) is 0 Å². The topological polar surface area (TPSA) is 49.4 Å². The highest BCUT2D eigenvalue weighted by Gasteiger charge is 2.35. The number of nitrogens with zero attached hydrogens (tertiary/aromatic N) is 1. The van der Waals surface area contributed by atoms with Crippen molar-refractivity contribution in [2.24, 2.45) is 0 Å². The Morgan fingerprint density at radius 1 is 1.33 bits per heavy atom. The van der Waals surface area contributed by atoms with E-state index < -0.39 is 0 Å². The van der Waals surface area contributed by atoms with Gasteiger partial charge < -0.3 is 10.2 Å². The summed E-state index contributed by atoms with van der Waals surface area (Å²) in [4.78, 5) is 25.5. The van der Waals surface area contributed by atoms with Gasteiger partial charge in [0.25, 0.3) is 0 Å². The SMILES string of the molecule is O=C1CC2c3cccc(Br)c3CCN2C(=O)CN1. The van der Waals surface area contributed by atoms with Crippen LogP contribution >= 0.6 is 15.9 Å². The fourth-order valence-corrected chi connectivity index (χ4v) is 3.33. The molecule has 2 heterocycles. The number of halogens is 1. The largest absolute Gasteiger partial charge is 0.347 e. The van der Waals surface area contributed by atoms with Crippen molar-refractivity contribution in [2.45, 2.75) is 18.9 Å². The second-order valence-electron chi connectivity index (χ2n) is 4.64. The van der Waals surface area contributed by atoms with E-state index in [1.807, 2.05) is 23.1 Å². The summed E-state index contributed by atoms with van der Waals surface area (Å²) >= 11 is 3.54. The summed E-state index contributed by atoms with van der Waals surface area (Å²) in [6.07, 6.45) is 1.20. The van der Waals surface area contributed by atoms with E-state index in [1.165, 1.54) is 5.56 Å². The highest BCUT2D eigenvalue weighted by molar-refractivity contribution is 9.10. The fraction of sp³-hybridized carbons (Fsp3) is 0.385. The van der Waals surface area contributed by atoms with Crippen LogP contribution in [-0.4, -0.2) is 29.8 Å². The Kier molecular flexibility index (Phi) is 2.86. The molecule has 18 heavy (non-hydrogen) atoms. The number of hydrogen-bond acceptors (Lipinski definition) is 2. The van der Waals surface area contributed by atoms with E-state index in [0.717, 1.165) is 16.5 Å². The van der Waals surface area contributed by atoms with Crippen molar-refractivity contribution in [3.8, 4) is 0 Å². The first kappa shape index (κ1) is 11.7. The molecule has 0 saturated carbocycles. The molecule has 2 aliphatic heterocycles. The quantitative estimate of drug-likeness (QED) is 0.787. The maximum Gasteiger partial charge on any atom is 0.242 e. The molecule has 2 aliphatic rings. The molecule has 2 amide bonds. The smallest absolute Gasteiger partial charge is 0.242 e. The summed E-state index contributed by atoms with van der Waals surface area (Å²) in [5.41, 5.74) is 2.32. The van der Waals surface area contributed by atoms with Gasteiger partial charge in [0.1, 0.15) is 0 Å². The Bertz CT molecular complexity index is 530. The molecule has 4 nitrogen and oxygen atoms in total. The molecule has 0 aliphatic carbocycles. The lowest BCUT2D eigenvalue weighted by atomic mass is 9.91. The predicted octanol–water partition coefficient (Wildman–Crippen LogP) is 1.39. The molecule has 5 heteroatoms. The van der Waals surface area contributed by atoms with Crippen LogP contribution in [-0.2, 0) is 16.0 Å². The van der Waals surface area contributed by atoms with Gasteiger partial charge >= 0.3 is 0 Å². The van der Waals surface area contributed by atoms with Gasteiger partial charge in [-0.2, -0.15) is 0 Å². The highest BCUT2D eigenvalue weighted by atomic mass is 79.9. The summed E-state index contributed by atoms with van der Waals surface area (Å²) in [5.74, 6) is -0.0415. The number of fused-ring (bicyclic) bond motifs is 3. The maximum absolute atomic E-state index is 12.0. The Morgan fingerprint density at radius 2 is 2.17 bits per heavy atom. The second kappa shape index (κ2) is 4.39. The molecular weight excluding hydrogens is 296 g/mol. The van der Waals surface area contributed by atoms with E-state index in [1.54, 1.807) is 0 Å². The van der Waals surface area contributed by atoms with Gasteiger partial charge in [-0.3, -0.25) is 9.59 Å². The lowest BCUT2D eigenvalue weighted by molar-refractivity contribution is -0.132. The molecule has 1 fully saturated rings. The third-order valence-electron chi connectivity index (χ3n) is 3.63. The fourth-order valence-electron chi connectivity index (χ4n) is 2.75. The predicted molar refractivity (Wildman–Crippen MR) is 69.9 cm³/mol. The molecule has 1 aromatic carbocycles. The van der Waals surface area contributed by atoms with Crippen LogP contribution in [0.3, 0.4) is 0 Å². The number of benzene rings is 1. The molecule has 1 saturated heterocycles. The van der Waals surface area contributed by atoms with Crippen molar-refractivity contribution in [3.63, 3.8) is 0 Å². The first-order chi connectivity index (χ1) is 8.66. The molecule has 0 radical (unpaired) electrons. The van der Waals surface area contributed by atoms with Crippen LogP contribution in [0.2, 0.25) is 0 Å². The second-order valence-corrected chi connectivity index (χ2v) is 5.50. The Hall–Kier alpha value is -1.36. The zero-order valence-corrected chi connectivity index (χ0v) is 11.4. The summed E-state index contributed by atoms with van der Waals surface area (Å²) < 4.78 is 1.07. The minimum Gasteiger partial charge on any atom is -0.347 e. The first-order valence-corrected chi connectivity index (χ1v) is 6.79. The lowest BCUT2D eigenvalue weighted by Gasteiger charge is -2.35. The minimum atomic E-state index is -0.110. The van der Waals surface area contributed by atoms with Crippen LogP contribution in [0.5, 0.6) is 0 Å². The van der Waals surface area contributed by atoms with Crippen molar-refractivity contribution in [3.05, 3.63) is 33.8 Å². The maximum atomic E-state index is 12.0. The van der Waals surface area contributed by atoms with Crippen molar-refractivity contribution < 1.29 is 9.59 Å². The van der Waals surface area contributed by atoms with E-state index in [2.05, 4.69) is 21.2 Å². The average molecular weight is 309 g/mol. The number of carbonyl (C=O) groups is 2. The Balaban J connectivity index is 2.07. The van der Waals surface area contributed by atoms with E-state index in [-0.39, 0.29) is 24.4 Å². The number of nitrogens with one attached hydrogen (secondary N) is 1. The lowest BCUT2D eigenvalue weighted by Crippen LogP contribution is -2.41. The van der Waals surface area contributed by atoms with Crippen LogP contribution in [0, 0.1) is 0 Å². The van der Waals surface area contributed by atoms with Gasteiger partial charge in [-0.05, 0) is 23.6 Å².